The number of nitrogens with one attached hydrogen (secondary N) is 1. The zero-order chi connectivity index (χ0) is 16.3. The molecule has 0 saturated carbocycles. The van der Waals surface area contributed by atoms with Gasteiger partial charge in [0.15, 0.2) is 11.6 Å². The highest BCUT2D eigenvalue weighted by molar-refractivity contribution is 5.79. The second-order valence-electron chi connectivity index (χ2n) is 5.32. The number of hydrogen-bond donors (Lipinski definition) is 2. The van der Waals surface area contributed by atoms with Crippen molar-refractivity contribution in [1.29, 1.82) is 0 Å². The Labute approximate surface area is 127 Å². The Morgan fingerprint density at radius 1 is 1.45 bits per heavy atom. The van der Waals surface area contributed by atoms with Crippen molar-refractivity contribution in [3.05, 3.63) is 29.6 Å². The lowest BCUT2D eigenvalue weighted by molar-refractivity contribution is -0.130. The summed E-state index contributed by atoms with van der Waals surface area (Å²) in [6.07, 6.45) is -0.763. The van der Waals surface area contributed by atoms with E-state index in [0.717, 1.165) is 0 Å². The number of rotatable bonds is 4. The van der Waals surface area contributed by atoms with Crippen LogP contribution >= 0.6 is 0 Å². The number of carbonyl (C=O) groups is 2. The Kier molecular flexibility index (Phi) is 4.97. The molecule has 0 spiro atoms. The molecule has 1 aromatic carbocycles. The number of ether oxygens (including phenoxy) is 1. The molecule has 0 unspecified atom stereocenters. The predicted octanol–water partition coefficient (Wildman–Crippen LogP) is 0.0846. The highest BCUT2D eigenvalue weighted by Crippen LogP contribution is 2.19. The number of amides is 2. The molecule has 7 heteroatoms. The van der Waals surface area contributed by atoms with Crippen LogP contribution < -0.4 is 10.1 Å². The summed E-state index contributed by atoms with van der Waals surface area (Å²) in [7, 11) is 1.37. The first kappa shape index (κ1) is 16.2. The molecule has 1 heterocycles. The van der Waals surface area contributed by atoms with Crippen LogP contribution in [0.5, 0.6) is 5.75 Å². The van der Waals surface area contributed by atoms with Gasteiger partial charge in [-0.25, -0.2) is 4.39 Å². The highest BCUT2D eigenvalue weighted by atomic mass is 19.1. The van der Waals surface area contributed by atoms with E-state index in [-0.39, 0.29) is 37.1 Å². The van der Waals surface area contributed by atoms with Crippen molar-refractivity contribution in [3.8, 4) is 5.75 Å². The van der Waals surface area contributed by atoms with Crippen LogP contribution in [0, 0.1) is 5.82 Å². The molecule has 1 fully saturated rings. The first-order valence-corrected chi connectivity index (χ1v) is 6.96. The van der Waals surface area contributed by atoms with Gasteiger partial charge in [0.2, 0.25) is 11.8 Å². The Balaban J connectivity index is 1.98. The van der Waals surface area contributed by atoms with Crippen LogP contribution in [0.15, 0.2) is 18.2 Å². The molecule has 6 nitrogen and oxygen atoms in total. The molecule has 22 heavy (non-hydrogen) atoms. The van der Waals surface area contributed by atoms with Crippen molar-refractivity contribution in [2.24, 2.45) is 0 Å². The Morgan fingerprint density at radius 2 is 2.18 bits per heavy atom. The molecule has 0 radical (unpaired) electrons. The van der Waals surface area contributed by atoms with Gasteiger partial charge in [-0.15, -0.1) is 0 Å². The molecule has 1 aliphatic heterocycles. The first-order chi connectivity index (χ1) is 10.4. The van der Waals surface area contributed by atoms with Crippen molar-refractivity contribution in [3.63, 3.8) is 0 Å². The Hall–Kier alpha value is -2.15. The number of benzene rings is 1. The fourth-order valence-electron chi connectivity index (χ4n) is 2.50. The predicted molar refractivity (Wildman–Crippen MR) is 76.8 cm³/mol. The number of methoxy groups -OCH3 is 1. The number of hydrogen-bond acceptors (Lipinski definition) is 4. The van der Waals surface area contributed by atoms with Crippen molar-refractivity contribution in [2.45, 2.75) is 25.5 Å². The van der Waals surface area contributed by atoms with Gasteiger partial charge in [-0.2, -0.15) is 0 Å². The quantitative estimate of drug-likeness (QED) is 0.826. The maximum Gasteiger partial charge on any atom is 0.227 e. The van der Waals surface area contributed by atoms with E-state index in [1.807, 2.05) is 0 Å². The van der Waals surface area contributed by atoms with Gasteiger partial charge in [0.1, 0.15) is 0 Å². The lowest BCUT2D eigenvalue weighted by Gasteiger charge is -2.16. The van der Waals surface area contributed by atoms with Crippen LogP contribution in [0.2, 0.25) is 0 Å². The van der Waals surface area contributed by atoms with E-state index in [2.05, 4.69) is 5.32 Å². The largest absolute Gasteiger partial charge is 0.494 e. The summed E-state index contributed by atoms with van der Waals surface area (Å²) in [5, 5.41) is 12.5. The number of halogens is 1. The maximum absolute atomic E-state index is 13.6. The monoisotopic (exact) mass is 310 g/mol. The van der Waals surface area contributed by atoms with Crippen molar-refractivity contribution in [1.82, 2.24) is 10.2 Å². The van der Waals surface area contributed by atoms with E-state index < -0.39 is 18.0 Å². The van der Waals surface area contributed by atoms with Crippen molar-refractivity contribution in [2.75, 3.05) is 20.2 Å². The van der Waals surface area contributed by atoms with Gasteiger partial charge >= 0.3 is 0 Å². The number of nitrogens with zero attached hydrogens (tertiary/aromatic N) is 1. The summed E-state index contributed by atoms with van der Waals surface area (Å²) < 4.78 is 18.4. The SMILES string of the molecule is COc1ccc(CC(=O)N2C[C@@H](O)[C@H](NC(C)=O)C2)cc1F. The molecule has 0 bridgehead atoms. The zero-order valence-electron chi connectivity index (χ0n) is 12.5. The molecule has 0 aliphatic carbocycles. The fourth-order valence-corrected chi connectivity index (χ4v) is 2.50. The molecule has 1 aliphatic rings. The van der Waals surface area contributed by atoms with E-state index in [4.69, 9.17) is 4.74 Å². The molecule has 120 valence electrons. The standard InChI is InChI=1S/C15H19FN2O4/c1-9(19)17-12-7-18(8-13(12)20)15(21)6-10-3-4-14(22-2)11(16)5-10/h3-5,12-13,20H,6-8H2,1-2H3,(H,17,19)/t12-,13-/m1/s1. The smallest absolute Gasteiger partial charge is 0.227 e. The zero-order valence-corrected chi connectivity index (χ0v) is 12.5. The third-order valence-electron chi connectivity index (χ3n) is 3.60. The average Bonchev–Trinajstić information content (AvgIpc) is 2.80. The van der Waals surface area contributed by atoms with Gasteiger partial charge in [-0.1, -0.05) is 6.07 Å². The van der Waals surface area contributed by atoms with Gasteiger partial charge < -0.3 is 20.1 Å². The average molecular weight is 310 g/mol. The van der Waals surface area contributed by atoms with Crippen LogP contribution in [0.25, 0.3) is 0 Å². The summed E-state index contributed by atoms with van der Waals surface area (Å²) in [4.78, 5) is 24.7. The van der Waals surface area contributed by atoms with Crippen molar-refractivity contribution < 1.29 is 23.8 Å². The number of aliphatic hydroxyl groups is 1. The van der Waals surface area contributed by atoms with Crippen LogP contribution in [-0.2, 0) is 16.0 Å². The van der Waals surface area contributed by atoms with Gasteiger partial charge in [-0.3, -0.25) is 9.59 Å². The van der Waals surface area contributed by atoms with Crippen LogP contribution in [0.3, 0.4) is 0 Å². The molecular weight excluding hydrogens is 291 g/mol. The van der Waals surface area contributed by atoms with E-state index in [1.165, 1.54) is 31.1 Å². The minimum Gasteiger partial charge on any atom is -0.494 e. The van der Waals surface area contributed by atoms with Gasteiger partial charge in [-0.05, 0) is 17.7 Å². The summed E-state index contributed by atoms with van der Waals surface area (Å²) in [5.41, 5.74) is 0.528. The van der Waals surface area contributed by atoms with Gasteiger partial charge in [0, 0.05) is 20.0 Å². The van der Waals surface area contributed by atoms with Crippen LogP contribution in [0.4, 0.5) is 4.39 Å². The highest BCUT2D eigenvalue weighted by Gasteiger charge is 2.34. The Morgan fingerprint density at radius 3 is 2.77 bits per heavy atom. The topological polar surface area (TPSA) is 78.9 Å². The van der Waals surface area contributed by atoms with Gasteiger partial charge in [0.05, 0.1) is 25.7 Å². The summed E-state index contributed by atoms with van der Waals surface area (Å²) in [5.74, 6) is -0.879. The molecule has 2 rings (SSSR count). The molecule has 0 aromatic heterocycles. The number of carbonyl (C=O) groups excluding carboxylic acids is 2. The summed E-state index contributed by atoms with van der Waals surface area (Å²) in [6, 6.07) is 3.89. The minimum absolute atomic E-state index is 0.0282. The Bertz CT molecular complexity index is 579. The molecule has 2 N–H and O–H groups in total. The lowest BCUT2D eigenvalue weighted by atomic mass is 10.1. The van der Waals surface area contributed by atoms with E-state index in [0.29, 0.717) is 5.56 Å². The van der Waals surface area contributed by atoms with Crippen molar-refractivity contribution >= 4 is 11.8 Å². The van der Waals surface area contributed by atoms with E-state index in [1.54, 1.807) is 6.07 Å². The normalized spacial score (nSPS) is 20.8. The second kappa shape index (κ2) is 6.74. The maximum atomic E-state index is 13.6. The molecule has 1 saturated heterocycles. The number of β-amino-alcohol motifs (C(OH)–C–C–N with tert-alkyl or cyclic N) is 1. The number of aliphatic hydroxyl groups excluding tert-OH is 1. The number of likely N-dealkylation sites (tertiary alicyclic amines) is 1. The van der Waals surface area contributed by atoms with Gasteiger partial charge in [0.25, 0.3) is 0 Å². The molecular formula is C15H19FN2O4. The summed E-state index contributed by atoms with van der Waals surface area (Å²) in [6.45, 7) is 1.76. The second-order valence-corrected chi connectivity index (χ2v) is 5.32. The molecule has 2 amide bonds. The lowest BCUT2D eigenvalue weighted by Crippen LogP contribution is -2.42. The first-order valence-electron chi connectivity index (χ1n) is 6.96. The van der Waals surface area contributed by atoms with E-state index >= 15 is 0 Å². The fraction of sp³-hybridized carbons (Fsp3) is 0.467. The van der Waals surface area contributed by atoms with Crippen LogP contribution in [0.1, 0.15) is 12.5 Å². The third-order valence-corrected chi connectivity index (χ3v) is 3.60. The molecule has 1 aromatic rings. The van der Waals surface area contributed by atoms with Crippen LogP contribution in [-0.4, -0.2) is 54.2 Å². The van der Waals surface area contributed by atoms with E-state index in [9.17, 15) is 19.1 Å². The minimum atomic E-state index is -0.791. The summed E-state index contributed by atoms with van der Waals surface area (Å²) >= 11 is 0. The molecule has 2 atom stereocenters. The third kappa shape index (κ3) is 3.73.